The average Bonchev–Trinajstić information content (AvgIpc) is 3.05. The third-order valence-corrected chi connectivity index (χ3v) is 5.59. The molecule has 0 radical (unpaired) electrons. The van der Waals surface area contributed by atoms with Crippen LogP contribution >= 0.6 is 0 Å². The molecule has 2 aliphatic rings. The van der Waals surface area contributed by atoms with Crippen molar-refractivity contribution in [3.63, 3.8) is 0 Å². The van der Waals surface area contributed by atoms with E-state index in [1.165, 1.54) is 0 Å². The third-order valence-electron chi connectivity index (χ3n) is 5.59. The predicted octanol–water partition coefficient (Wildman–Crippen LogP) is 0.671. The Kier molecular flexibility index (Phi) is 9.25. The number of Topliss-reactive ketones (excluding diaryl/α,β-unsaturated/α-hetero) is 2. The van der Waals surface area contributed by atoms with Gasteiger partial charge < -0.3 is 24.6 Å². The molecule has 0 spiro atoms. The van der Waals surface area contributed by atoms with Crippen molar-refractivity contribution in [1.82, 2.24) is 5.32 Å². The van der Waals surface area contributed by atoms with Gasteiger partial charge in [0, 0.05) is 24.2 Å². The number of piperidine rings is 1. The fourth-order valence-corrected chi connectivity index (χ4v) is 3.97. The van der Waals surface area contributed by atoms with Gasteiger partial charge in [-0.05, 0) is 12.5 Å². The molecule has 3 N–H and O–H groups in total. The number of rotatable bonds is 14. The molecule has 1 aromatic carbocycles. The number of carboxylic acid groups (broad SMARTS) is 1. The summed E-state index contributed by atoms with van der Waals surface area (Å²) < 4.78 is 15.9. The van der Waals surface area contributed by atoms with Crippen LogP contribution in [0.5, 0.6) is 0 Å². The lowest BCUT2D eigenvalue weighted by Crippen LogP contribution is -2.46. The number of ether oxygens (including phenoxy) is 3. The summed E-state index contributed by atoms with van der Waals surface area (Å²) in [5.74, 6) is -4.62. The molecular weight excluding hydrogens is 448 g/mol. The summed E-state index contributed by atoms with van der Waals surface area (Å²) in [5, 5.41) is 13.8. The molecule has 11 nitrogen and oxygen atoms in total. The Labute approximate surface area is 196 Å². The summed E-state index contributed by atoms with van der Waals surface area (Å²) in [5.41, 5.74) is 1.06. The molecule has 2 amide bonds. The molecule has 1 aliphatic heterocycles. The number of imide groups is 1. The number of carboxylic acids is 1. The van der Waals surface area contributed by atoms with E-state index in [-0.39, 0.29) is 37.0 Å². The van der Waals surface area contributed by atoms with Crippen LogP contribution in [0.3, 0.4) is 0 Å². The molecule has 2 unspecified atom stereocenters. The predicted molar refractivity (Wildman–Crippen MR) is 118 cm³/mol. The summed E-state index contributed by atoms with van der Waals surface area (Å²) >= 11 is 0. The maximum atomic E-state index is 13.1. The number of carbonyl (C=O) groups is 5. The highest BCUT2D eigenvalue weighted by Gasteiger charge is 2.48. The lowest BCUT2D eigenvalue weighted by molar-refractivity contribution is -0.139. The van der Waals surface area contributed by atoms with E-state index in [0.717, 1.165) is 0 Å². The molecule has 1 heterocycles. The first-order valence-corrected chi connectivity index (χ1v) is 11.1. The van der Waals surface area contributed by atoms with Crippen molar-refractivity contribution in [3.05, 3.63) is 29.3 Å². The Bertz CT molecular complexity index is 946. The Morgan fingerprint density at radius 1 is 0.971 bits per heavy atom. The van der Waals surface area contributed by atoms with Gasteiger partial charge in [0.15, 0.2) is 11.6 Å². The summed E-state index contributed by atoms with van der Waals surface area (Å²) in [7, 11) is 0. The molecule has 11 heteroatoms. The molecule has 184 valence electrons. The van der Waals surface area contributed by atoms with Crippen molar-refractivity contribution in [2.45, 2.75) is 19.3 Å². The fourth-order valence-electron chi connectivity index (χ4n) is 3.97. The molecular formula is C23H28N2O9. The molecule has 1 aliphatic carbocycles. The third kappa shape index (κ3) is 6.46. The first kappa shape index (κ1) is 25.5. The molecule has 0 bridgehead atoms. The Morgan fingerprint density at radius 3 is 2.32 bits per heavy atom. The minimum absolute atomic E-state index is 0.0436. The van der Waals surface area contributed by atoms with Crippen LogP contribution in [0.4, 0.5) is 5.69 Å². The second kappa shape index (κ2) is 12.4. The van der Waals surface area contributed by atoms with Crippen LogP contribution in [0.2, 0.25) is 0 Å². The number of anilines is 1. The topological polar surface area (TPSA) is 157 Å². The lowest BCUT2D eigenvalue weighted by atomic mass is 9.82. The highest BCUT2D eigenvalue weighted by Crippen LogP contribution is 2.38. The number of hydrogen-bond donors (Lipinski definition) is 3. The number of aliphatic carboxylic acids is 1. The number of amides is 2. The number of nitrogens with one attached hydrogen (secondary N) is 2. The number of fused-ring (bicyclic) bond motifs is 1. The first-order valence-electron chi connectivity index (χ1n) is 11.1. The van der Waals surface area contributed by atoms with Crippen LogP contribution in [0.1, 0.15) is 40.0 Å². The number of benzene rings is 1. The minimum atomic E-state index is -1.10. The second-order valence-corrected chi connectivity index (χ2v) is 7.90. The van der Waals surface area contributed by atoms with Crippen molar-refractivity contribution in [3.8, 4) is 0 Å². The molecule has 0 aromatic heterocycles. The summed E-state index contributed by atoms with van der Waals surface area (Å²) in [4.78, 5) is 60.0. The van der Waals surface area contributed by atoms with Crippen molar-refractivity contribution in [2.75, 3.05) is 51.5 Å². The zero-order chi connectivity index (χ0) is 24.5. The van der Waals surface area contributed by atoms with Crippen LogP contribution < -0.4 is 10.6 Å². The SMILES string of the molecule is O=C(O)CCOCCOCCOCCNc1cccc2c1C(=O)C(C1CCC(=O)NC1=O)C2=O. The minimum Gasteiger partial charge on any atom is -0.481 e. The van der Waals surface area contributed by atoms with Gasteiger partial charge in [0.05, 0.1) is 63.5 Å². The van der Waals surface area contributed by atoms with E-state index in [9.17, 15) is 24.0 Å². The zero-order valence-electron chi connectivity index (χ0n) is 18.7. The zero-order valence-corrected chi connectivity index (χ0v) is 18.7. The van der Waals surface area contributed by atoms with Gasteiger partial charge >= 0.3 is 5.97 Å². The molecule has 2 atom stereocenters. The van der Waals surface area contributed by atoms with E-state index in [1.54, 1.807) is 18.2 Å². The van der Waals surface area contributed by atoms with Crippen molar-refractivity contribution >= 4 is 35.0 Å². The van der Waals surface area contributed by atoms with Gasteiger partial charge in [-0.2, -0.15) is 0 Å². The van der Waals surface area contributed by atoms with E-state index in [0.29, 0.717) is 45.3 Å². The van der Waals surface area contributed by atoms with Crippen molar-refractivity contribution in [2.24, 2.45) is 11.8 Å². The normalized spacial score (nSPS) is 19.8. The second-order valence-electron chi connectivity index (χ2n) is 7.90. The molecule has 3 rings (SSSR count). The molecule has 34 heavy (non-hydrogen) atoms. The van der Waals surface area contributed by atoms with E-state index in [1.807, 2.05) is 0 Å². The van der Waals surface area contributed by atoms with Crippen LogP contribution in [0.15, 0.2) is 18.2 Å². The molecule has 1 aromatic rings. The number of hydrogen-bond acceptors (Lipinski definition) is 9. The van der Waals surface area contributed by atoms with E-state index < -0.39 is 41.2 Å². The van der Waals surface area contributed by atoms with Crippen LogP contribution in [0.25, 0.3) is 0 Å². The van der Waals surface area contributed by atoms with Gasteiger partial charge in [-0.1, -0.05) is 12.1 Å². The standard InChI is InChI=1S/C23H28N2O9/c26-17-5-4-15(23(31)25-17)20-21(29)14-2-1-3-16(19(14)22(20)30)24-7-9-33-11-13-34-12-10-32-8-6-18(27)28/h1-3,15,20,24H,4-13H2,(H,27,28)(H,25,26,31). The van der Waals surface area contributed by atoms with E-state index in [4.69, 9.17) is 19.3 Å². The quantitative estimate of drug-likeness (QED) is 0.198. The lowest BCUT2D eigenvalue weighted by Gasteiger charge is -2.24. The van der Waals surface area contributed by atoms with Gasteiger partial charge in [0.1, 0.15) is 0 Å². The van der Waals surface area contributed by atoms with Crippen molar-refractivity contribution in [1.29, 1.82) is 0 Å². The maximum Gasteiger partial charge on any atom is 0.305 e. The van der Waals surface area contributed by atoms with Gasteiger partial charge in [-0.25, -0.2) is 0 Å². The Balaban J connectivity index is 1.40. The van der Waals surface area contributed by atoms with Gasteiger partial charge in [0.25, 0.3) is 0 Å². The smallest absolute Gasteiger partial charge is 0.305 e. The largest absolute Gasteiger partial charge is 0.481 e. The van der Waals surface area contributed by atoms with Gasteiger partial charge in [-0.15, -0.1) is 0 Å². The first-order chi connectivity index (χ1) is 16.4. The Morgan fingerprint density at radius 2 is 1.65 bits per heavy atom. The molecule has 0 saturated carbocycles. The highest BCUT2D eigenvalue weighted by atomic mass is 16.5. The van der Waals surface area contributed by atoms with Crippen LogP contribution in [-0.4, -0.2) is 80.6 Å². The van der Waals surface area contributed by atoms with Crippen LogP contribution in [0, 0.1) is 11.8 Å². The average molecular weight is 476 g/mol. The van der Waals surface area contributed by atoms with Crippen LogP contribution in [-0.2, 0) is 28.6 Å². The van der Waals surface area contributed by atoms with Crippen molar-refractivity contribution < 1.29 is 43.3 Å². The number of ketones is 2. The van der Waals surface area contributed by atoms with E-state index in [2.05, 4.69) is 10.6 Å². The van der Waals surface area contributed by atoms with E-state index >= 15 is 0 Å². The summed E-state index contributed by atoms with van der Waals surface area (Å²) in [6, 6.07) is 4.95. The monoisotopic (exact) mass is 476 g/mol. The highest BCUT2D eigenvalue weighted by molar-refractivity contribution is 6.30. The Hall–Kier alpha value is -3.15. The summed E-state index contributed by atoms with van der Waals surface area (Å²) in [6.07, 6.45) is 0.236. The number of carbonyl (C=O) groups excluding carboxylic acids is 4. The summed E-state index contributed by atoms with van der Waals surface area (Å²) in [6.45, 7) is 2.21. The maximum absolute atomic E-state index is 13.1. The van der Waals surface area contributed by atoms with Gasteiger partial charge in [-0.3, -0.25) is 29.3 Å². The molecule has 1 fully saturated rings. The fraction of sp³-hybridized carbons (Fsp3) is 0.522. The van der Waals surface area contributed by atoms with Gasteiger partial charge in [0.2, 0.25) is 11.8 Å². The molecule has 1 saturated heterocycles.